The monoisotopic (exact) mass is 318 g/mol. The molecule has 2 aromatic rings. The molecule has 6 heteroatoms. The second kappa shape index (κ2) is 6.23. The number of pyridine rings is 1. The van der Waals surface area contributed by atoms with Crippen LogP contribution in [-0.4, -0.2) is 42.1 Å². The Kier molecular flexibility index (Phi) is 4.15. The van der Waals surface area contributed by atoms with Gasteiger partial charge in [-0.15, -0.1) is 0 Å². The van der Waals surface area contributed by atoms with E-state index in [9.17, 15) is 4.79 Å². The molecule has 5 nitrogen and oxygen atoms in total. The number of para-hydroxylation sites is 1. The lowest BCUT2D eigenvalue weighted by atomic mass is 10.1. The summed E-state index contributed by atoms with van der Waals surface area (Å²) in [4.78, 5) is 18.2. The number of carbonyl (C=O) groups excluding carboxylic acids is 1. The highest BCUT2D eigenvalue weighted by Crippen LogP contribution is 2.26. The van der Waals surface area contributed by atoms with Crippen molar-refractivity contribution in [1.29, 1.82) is 0 Å². The molecule has 1 aromatic heterocycles. The minimum atomic E-state index is -0.0916. The lowest BCUT2D eigenvalue weighted by molar-refractivity contribution is 0.0158. The number of likely N-dealkylation sites (tertiary alicyclic amines) is 1. The molecule has 1 aliphatic rings. The highest BCUT2D eigenvalue weighted by molar-refractivity contribution is 6.31. The third kappa shape index (κ3) is 2.85. The molecule has 1 aromatic carbocycles. The van der Waals surface area contributed by atoms with Crippen LogP contribution in [0.15, 0.2) is 42.6 Å². The van der Waals surface area contributed by atoms with E-state index in [-0.39, 0.29) is 12.0 Å². The van der Waals surface area contributed by atoms with Gasteiger partial charge in [0.2, 0.25) is 5.88 Å². The fourth-order valence-electron chi connectivity index (χ4n) is 2.29. The van der Waals surface area contributed by atoms with Gasteiger partial charge < -0.3 is 14.4 Å². The number of benzene rings is 1. The van der Waals surface area contributed by atoms with E-state index in [1.165, 1.54) is 0 Å². The standard InChI is InChI=1S/C16H15ClN2O3/c1-21-14-7-3-2-5-12(14)16(20)19-9-11(10-19)22-15-13(17)6-4-8-18-15/h2-8,11H,9-10H2,1H3. The molecule has 0 saturated carbocycles. The van der Waals surface area contributed by atoms with E-state index < -0.39 is 0 Å². The first-order valence-corrected chi connectivity index (χ1v) is 7.26. The average Bonchev–Trinajstić information content (AvgIpc) is 2.51. The molecular weight excluding hydrogens is 304 g/mol. The first-order valence-electron chi connectivity index (χ1n) is 6.88. The summed E-state index contributed by atoms with van der Waals surface area (Å²) < 4.78 is 10.9. The molecule has 1 saturated heterocycles. The molecule has 0 bridgehead atoms. The van der Waals surface area contributed by atoms with E-state index in [0.717, 1.165) is 0 Å². The smallest absolute Gasteiger partial charge is 0.257 e. The molecule has 1 fully saturated rings. The summed E-state index contributed by atoms with van der Waals surface area (Å²) in [5.41, 5.74) is 0.555. The van der Waals surface area contributed by atoms with Crippen molar-refractivity contribution in [2.45, 2.75) is 6.10 Å². The number of halogens is 1. The average molecular weight is 319 g/mol. The molecule has 22 heavy (non-hydrogen) atoms. The number of nitrogens with zero attached hydrogens (tertiary/aromatic N) is 2. The van der Waals surface area contributed by atoms with E-state index in [2.05, 4.69) is 4.98 Å². The van der Waals surface area contributed by atoms with Crippen molar-refractivity contribution in [3.8, 4) is 11.6 Å². The van der Waals surface area contributed by atoms with Crippen molar-refractivity contribution in [2.24, 2.45) is 0 Å². The fraction of sp³-hybridized carbons (Fsp3) is 0.250. The number of amides is 1. The number of carbonyl (C=O) groups is 1. The van der Waals surface area contributed by atoms with Crippen molar-refractivity contribution in [3.05, 3.63) is 53.2 Å². The van der Waals surface area contributed by atoms with Gasteiger partial charge in [-0.3, -0.25) is 4.79 Å². The Morgan fingerprint density at radius 2 is 2.05 bits per heavy atom. The molecule has 0 N–H and O–H groups in total. The maximum Gasteiger partial charge on any atom is 0.257 e. The van der Waals surface area contributed by atoms with Crippen LogP contribution in [0.5, 0.6) is 11.6 Å². The Bertz CT molecular complexity index is 687. The molecule has 0 unspecified atom stereocenters. The third-order valence-electron chi connectivity index (χ3n) is 3.48. The van der Waals surface area contributed by atoms with Gasteiger partial charge in [0.25, 0.3) is 5.91 Å². The number of aromatic nitrogens is 1. The first-order chi connectivity index (χ1) is 10.7. The van der Waals surface area contributed by atoms with Gasteiger partial charge in [0.15, 0.2) is 0 Å². The van der Waals surface area contributed by atoms with Crippen LogP contribution >= 0.6 is 11.6 Å². The molecule has 0 aliphatic carbocycles. The second-order valence-corrected chi connectivity index (χ2v) is 5.35. The van der Waals surface area contributed by atoms with Gasteiger partial charge in [0.05, 0.1) is 25.8 Å². The van der Waals surface area contributed by atoms with E-state index in [4.69, 9.17) is 21.1 Å². The maximum absolute atomic E-state index is 12.4. The van der Waals surface area contributed by atoms with Crippen LogP contribution in [0.3, 0.4) is 0 Å². The van der Waals surface area contributed by atoms with Gasteiger partial charge in [-0.2, -0.15) is 0 Å². The minimum absolute atomic E-state index is 0.0654. The summed E-state index contributed by atoms with van der Waals surface area (Å²) in [5, 5.41) is 0.469. The van der Waals surface area contributed by atoms with Crippen LogP contribution in [0.1, 0.15) is 10.4 Å². The number of ether oxygens (including phenoxy) is 2. The number of methoxy groups -OCH3 is 1. The normalized spacial score (nSPS) is 14.4. The molecule has 0 radical (unpaired) electrons. The molecule has 3 rings (SSSR count). The maximum atomic E-state index is 12.4. The summed E-state index contributed by atoms with van der Waals surface area (Å²) in [6.07, 6.45) is 1.53. The first kappa shape index (κ1) is 14.7. The van der Waals surface area contributed by atoms with Crippen LogP contribution in [0.4, 0.5) is 0 Å². The Morgan fingerprint density at radius 1 is 1.27 bits per heavy atom. The summed E-state index contributed by atoms with van der Waals surface area (Å²) in [6.45, 7) is 1.01. The molecule has 1 aliphatic heterocycles. The Labute approximate surface area is 133 Å². The van der Waals surface area contributed by atoms with Crippen LogP contribution in [-0.2, 0) is 0 Å². The van der Waals surface area contributed by atoms with E-state index in [1.54, 1.807) is 42.5 Å². The van der Waals surface area contributed by atoms with Gasteiger partial charge in [-0.05, 0) is 24.3 Å². The zero-order chi connectivity index (χ0) is 15.5. The zero-order valence-electron chi connectivity index (χ0n) is 12.0. The lowest BCUT2D eigenvalue weighted by Gasteiger charge is -2.38. The van der Waals surface area contributed by atoms with Crippen molar-refractivity contribution >= 4 is 17.5 Å². The highest BCUT2D eigenvalue weighted by Gasteiger charge is 2.34. The number of rotatable bonds is 4. The Morgan fingerprint density at radius 3 is 2.77 bits per heavy atom. The number of hydrogen-bond donors (Lipinski definition) is 0. The van der Waals surface area contributed by atoms with E-state index in [0.29, 0.717) is 35.3 Å². The zero-order valence-corrected chi connectivity index (χ0v) is 12.8. The largest absolute Gasteiger partial charge is 0.496 e. The lowest BCUT2D eigenvalue weighted by Crippen LogP contribution is -2.56. The van der Waals surface area contributed by atoms with E-state index in [1.807, 2.05) is 12.1 Å². The predicted molar refractivity (Wildman–Crippen MR) is 82.6 cm³/mol. The molecule has 114 valence electrons. The van der Waals surface area contributed by atoms with Crippen molar-refractivity contribution < 1.29 is 14.3 Å². The minimum Gasteiger partial charge on any atom is -0.496 e. The Hall–Kier alpha value is -2.27. The number of hydrogen-bond acceptors (Lipinski definition) is 4. The molecular formula is C16H15ClN2O3. The predicted octanol–water partition coefficient (Wildman–Crippen LogP) is 2.65. The molecule has 1 amide bonds. The van der Waals surface area contributed by atoms with Crippen LogP contribution in [0, 0.1) is 0 Å². The Balaban J connectivity index is 1.61. The summed E-state index contributed by atoms with van der Waals surface area (Å²) in [7, 11) is 1.55. The summed E-state index contributed by atoms with van der Waals surface area (Å²) in [6, 6.07) is 10.6. The second-order valence-electron chi connectivity index (χ2n) is 4.94. The van der Waals surface area contributed by atoms with Gasteiger partial charge in [0.1, 0.15) is 16.9 Å². The SMILES string of the molecule is COc1ccccc1C(=O)N1CC(Oc2ncccc2Cl)C1. The summed E-state index contributed by atoms with van der Waals surface area (Å²) >= 11 is 6.00. The summed E-state index contributed by atoms with van der Waals surface area (Å²) in [5.74, 6) is 0.910. The molecule has 2 heterocycles. The molecule has 0 spiro atoms. The van der Waals surface area contributed by atoms with Gasteiger partial charge in [0, 0.05) is 6.20 Å². The van der Waals surface area contributed by atoms with Gasteiger partial charge in [-0.25, -0.2) is 4.98 Å². The third-order valence-corrected chi connectivity index (χ3v) is 3.76. The van der Waals surface area contributed by atoms with Gasteiger partial charge in [-0.1, -0.05) is 23.7 Å². The highest BCUT2D eigenvalue weighted by atomic mass is 35.5. The topological polar surface area (TPSA) is 51.7 Å². The molecule has 0 atom stereocenters. The quantitative estimate of drug-likeness (QED) is 0.869. The van der Waals surface area contributed by atoms with Crippen molar-refractivity contribution in [2.75, 3.05) is 20.2 Å². The fourth-order valence-corrected chi connectivity index (χ4v) is 2.45. The van der Waals surface area contributed by atoms with Crippen molar-refractivity contribution in [1.82, 2.24) is 9.88 Å². The van der Waals surface area contributed by atoms with Crippen LogP contribution in [0.2, 0.25) is 5.02 Å². The van der Waals surface area contributed by atoms with Gasteiger partial charge >= 0.3 is 0 Å². The van der Waals surface area contributed by atoms with Crippen LogP contribution in [0.25, 0.3) is 0 Å². The van der Waals surface area contributed by atoms with E-state index >= 15 is 0 Å². The van der Waals surface area contributed by atoms with Crippen LogP contribution < -0.4 is 9.47 Å². The van der Waals surface area contributed by atoms with Crippen molar-refractivity contribution in [3.63, 3.8) is 0 Å².